The first-order valence-electron chi connectivity index (χ1n) is 7.03. The molecule has 22 heavy (non-hydrogen) atoms. The van der Waals surface area contributed by atoms with Crippen LogP contribution in [-0.4, -0.2) is 37.7 Å². The van der Waals surface area contributed by atoms with Crippen molar-refractivity contribution in [2.24, 2.45) is 5.92 Å². The van der Waals surface area contributed by atoms with E-state index in [4.69, 9.17) is 9.47 Å². The third kappa shape index (κ3) is 2.81. The van der Waals surface area contributed by atoms with E-state index in [1.165, 1.54) is 25.0 Å². The summed E-state index contributed by atoms with van der Waals surface area (Å²) in [7, 11) is 1.46. The Hall–Kier alpha value is -2.37. The molecule has 1 unspecified atom stereocenters. The normalized spacial score (nSPS) is 17.0. The van der Waals surface area contributed by atoms with Crippen LogP contribution in [0.2, 0.25) is 0 Å². The minimum absolute atomic E-state index is 0.0643. The van der Waals surface area contributed by atoms with Gasteiger partial charge in [-0.3, -0.25) is 19.3 Å². The molecule has 1 heterocycles. The first kappa shape index (κ1) is 16.0. The van der Waals surface area contributed by atoms with Gasteiger partial charge in [-0.2, -0.15) is 0 Å². The van der Waals surface area contributed by atoms with Crippen LogP contribution in [0.5, 0.6) is 11.5 Å². The Balaban J connectivity index is 2.62. The van der Waals surface area contributed by atoms with E-state index in [2.05, 4.69) is 0 Å². The smallest absolute Gasteiger partial charge is 0.268 e. The zero-order valence-corrected chi connectivity index (χ0v) is 13.1. The summed E-state index contributed by atoms with van der Waals surface area (Å²) in [6, 6.07) is 3.08. The monoisotopic (exact) mass is 305 g/mol. The molecule has 2 rings (SSSR count). The van der Waals surface area contributed by atoms with Crippen molar-refractivity contribution in [3.63, 3.8) is 0 Å². The number of benzene rings is 1. The zero-order valence-electron chi connectivity index (χ0n) is 13.1. The van der Waals surface area contributed by atoms with E-state index in [-0.39, 0.29) is 24.2 Å². The van der Waals surface area contributed by atoms with Crippen LogP contribution < -0.4 is 14.4 Å². The molecule has 0 aliphatic carbocycles. The quantitative estimate of drug-likeness (QED) is 0.776. The largest absolute Gasteiger partial charge is 0.493 e. The molecule has 0 saturated carbocycles. The molecule has 1 amide bonds. The fourth-order valence-corrected chi connectivity index (χ4v) is 2.40. The van der Waals surface area contributed by atoms with Gasteiger partial charge in [0.1, 0.15) is 12.1 Å². The van der Waals surface area contributed by atoms with Crippen LogP contribution in [0.25, 0.3) is 0 Å². The summed E-state index contributed by atoms with van der Waals surface area (Å²) < 4.78 is 11.1. The molecule has 1 aliphatic rings. The molecule has 0 fully saturated rings. The predicted molar refractivity (Wildman–Crippen MR) is 80.7 cm³/mol. The Bertz CT molecular complexity index is 623. The van der Waals surface area contributed by atoms with Crippen molar-refractivity contribution in [2.75, 3.05) is 18.6 Å². The maximum absolute atomic E-state index is 12.6. The number of carbonyl (C=O) groups excluding carboxylic acids is 3. The zero-order chi connectivity index (χ0) is 16.4. The number of hydrogen-bond donors (Lipinski definition) is 0. The summed E-state index contributed by atoms with van der Waals surface area (Å²) >= 11 is 0. The van der Waals surface area contributed by atoms with E-state index in [0.29, 0.717) is 29.0 Å². The summed E-state index contributed by atoms with van der Waals surface area (Å²) in [5.41, 5.74) is 0.738. The number of nitrogens with zero attached hydrogens (tertiary/aromatic N) is 1. The molecule has 0 spiro atoms. The molecule has 1 atom stereocenters. The van der Waals surface area contributed by atoms with E-state index in [1.54, 1.807) is 6.07 Å². The highest BCUT2D eigenvalue weighted by atomic mass is 16.5. The summed E-state index contributed by atoms with van der Waals surface area (Å²) in [5.74, 6) is 0.242. The van der Waals surface area contributed by atoms with E-state index >= 15 is 0 Å². The highest BCUT2D eigenvalue weighted by Crippen LogP contribution is 2.43. The van der Waals surface area contributed by atoms with Gasteiger partial charge in [0.15, 0.2) is 17.6 Å². The molecule has 0 aromatic heterocycles. The molecule has 1 aromatic rings. The highest BCUT2D eigenvalue weighted by molar-refractivity contribution is 6.05. The number of rotatable bonds is 5. The molecular weight excluding hydrogens is 286 g/mol. The molecule has 0 radical (unpaired) electrons. The van der Waals surface area contributed by atoms with Crippen molar-refractivity contribution < 1.29 is 23.9 Å². The molecular formula is C16H19NO5. The van der Waals surface area contributed by atoms with Crippen LogP contribution in [0.1, 0.15) is 31.1 Å². The molecule has 6 heteroatoms. The molecule has 0 bridgehead atoms. The number of amides is 1. The van der Waals surface area contributed by atoms with Crippen LogP contribution in [-0.2, 0) is 9.59 Å². The van der Waals surface area contributed by atoms with Gasteiger partial charge < -0.3 is 9.47 Å². The fraction of sp³-hybridized carbons (Fsp3) is 0.438. The molecule has 6 nitrogen and oxygen atoms in total. The minimum atomic E-state index is -0.692. The number of hydrogen-bond acceptors (Lipinski definition) is 5. The topological polar surface area (TPSA) is 72.9 Å². The average molecular weight is 305 g/mol. The van der Waals surface area contributed by atoms with Gasteiger partial charge in [0, 0.05) is 5.56 Å². The number of carbonyl (C=O) groups is 3. The summed E-state index contributed by atoms with van der Waals surface area (Å²) in [6.07, 6.45) is -0.0313. The van der Waals surface area contributed by atoms with Crippen molar-refractivity contribution in [1.82, 2.24) is 0 Å². The molecule has 1 aliphatic heterocycles. The SMILES string of the molecule is COc1cc(C=O)cc2c1OC(C(C)C)C(=O)N2CC(C)=O. The minimum Gasteiger partial charge on any atom is -0.493 e. The van der Waals surface area contributed by atoms with Gasteiger partial charge in [-0.1, -0.05) is 13.8 Å². The van der Waals surface area contributed by atoms with Crippen molar-refractivity contribution in [1.29, 1.82) is 0 Å². The Labute approximate surface area is 129 Å². The first-order chi connectivity index (χ1) is 10.4. The number of aldehydes is 1. The predicted octanol–water partition coefficient (Wildman–Crippen LogP) is 1.85. The number of Topliss-reactive ketones (excluding diaryl/α,β-unsaturated/α-hetero) is 1. The molecule has 0 N–H and O–H groups in total. The standard InChI is InChI=1S/C16H19NO5/c1-9(2)14-16(20)17(7-10(3)19)12-5-11(8-18)6-13(21-4)15(12)22-14/h5-6,8-9,14H,7H2,1-4H3. The Kier molecular flexibility index (Phi) is 4.49. The lowest BCUT2D eigenvalue weighted by molar-refractivity contribution is -0.129. The Morgan fingerprint density at radius 2 is 2.14 bits per heavy atom. The second-order valence-corrected chi connectivity index (χ2v) is 5.60. The number of ether oxygens (including phenoxy) is 2. The van der Waals surface area contributed by atoms with Crippen LogP contribution in [0.15, 0.2) is 12.1 Å². The maximum atomic E-state index is 12.6. The second kappa shape index (κ2) is 6.17. The van der Waals surface area contributed by atoms with Gasteiger partial charge in [-0.25, -0.2) is 0 Å². The number of ketones is 1. The Morgan fingerprint density at radius 3 is 2.64 bits per heavy atom. The van der Waals surface area contributed by atoms with Gasteiger partial charge in [-0.05, 0) is 25.0 Å². The summed E-state index contributed by atoms with van der Waals surface area (Å²) in [5, 5.41) is 0. The van der Waals surface area contributed by atoms with E-state index in [9.17, 15) is 14.4 Å². The summed E-state index contributed by atoms with van der Waals surface area (Å²) in [4.78, 5) is 36.5. The lowest BCUT2D eigenvalue weighted by atomic mass is 10.0. The van der Waals surface area contributed by atoms with Crippen LogP contribution in [0.4, 0.5) is 5.69 Å². The van der Waals surface area contributed by atoms with E-state index < -0.39 is 6.10 Å². The van der Waals surface area contributed by atoms with Gasteiger partial charge in [0.05, 0.1) is 19.3 Å². The molecule has 0 saturated heterocycles. The van der Waals surface area contributed by atoms with Gasteiger partial charge in [0.25, 0.3) is 5.91 Å². The van der Waals surface area contributed by atoms with Crippen molar-refractivity contribution in [3.8, 4) is 11.5 Å². The lowest BCUT2D eigenvalue weighted by Gasteiger charge is -2.36. The van der Waals surface area contributed by atoms with Gasteiger partial charge >= 0.3 is 0 Å². The third-order valence-electron chi connectivity index (χ3n) is 3.44. The number of fused-ring (bicyclic) bond motifs is 1. The Morgan fingerprint density at radius 1 is 1.45 bits per heavy atom. The maximum Gasteiger partial charge on any atom is 0.268 e. The van der Waals surface area contributed by atoms with Crippen LogP contribution in [0, 0.1) is 5.92 Å². The van der Waals surface area contributed by atoms with Crippen molar-refractivity contribution >= 4 is 23.7 Å². The van der Waals surface area contributed by atoms with Crippen molar-refractivity contribution in [2.45, 2.75) is 26.9 Å². The average Bonchev–Trinajstić information content (AvgIpc) is 2.47. The second-order valence-electron chi connectivity index (χ2n) is 5.60. The molecule has 118 valence electrons. The van der Waals surface area contributed by atoms with Crippen LogP contribution in [0.3, 0.4) is 0 Å². The molecule has 1 aromatic carbocycles. The van der Waals surface area contributed by atoms with Crippen molar-refractivity contribution in [3.05, 3.63) is 17.7 Å². The highest BCUT2D eigenvalue weighted by Gasteiger charge is 2.38. The fourth-order valence-electron chi connectivity index (χ4n) is 2.40. The van der Waals surface area contributed by atoms with E-state index in [0.717, 1.165) is 0 Å². The van der Waals surface area contributed by atoms with Gasteiger partial charge in [-0.15, -0.1) is 0 Å². The third-order valence-corrected chi connectivity index (χ3v) is 3.44. The number of methoxy groups -OCH3 is 1. The lowest BCUT2D eigenvalue weighted by Crippen LogP contribution is -2.50. The summed E-state index contributed by atoms with van der Waals surface area (Å²) in [6.45, 7) is 5.08. The van der Waals surface area contributed by atoms with E-state index in [1.807, 2.05) is 13.8 Å². The van der Waals surface area contributed by atoms with Crippen LogP contribution >= 0.6 is 0 Å². The van der Waals surface area contributed by atoms with Gasteiger partial charge in [0.2, 0.25) is 0 Å². The first-order valence-corrected chi connectivity index (χ1v) is 7.03. The number of anilines is 1.